The van der Waals surface area contributed by atoms with Gasteiger partial charge in [0.05, 0.1) is 22.6 Å². The first kappa shape index (κ1) is 19.3. The molecule has 1 atom stereocenters. The number of esters is 1. The van der Waals surface area contributed by atoms with Crippen LogP contribution in [0.25, 0.3) is 0 Å². The number of nitrogens with zero attached hydrogens (tertiary/aromatic N) is 3. The van der Waals surface area contributed by atoms with E-state index < -0.39 is 28.0 Å². The van der Waals surface area contributed by atoms with Crippen molar-refractivity contribution in [3.05, 3.63) is 53.8 Å². The molecule has 1 N–H and O–H groups in total. The van der Waals surface area contributed by atoms with Gasteiger partial charge in [-0.3, -0.25) is 4.79 Å². The highest BCUT2D eigenvalue weighted by Crippen LogP contribution is 2.18. The number of hydrogen-bond acceptors (Lipinski definition) is 7. The Bertz CT molecular complexity index is 1070. The molecule has 0 saturated heterocycles. The van der Waals surface area contributed by atoms with E-state index in [1.807, 2.05) is 6.07 Å². The van der Waals surface area contributed by atoms with Gasteiger partial charge >= 0.3 is 5.97 Å². The molecule has 1 aromatic rings. The van der Waals surface area contributed by atoms with Crippen LogP contribution in [0, 0.1) is 11.3 Å². The number of amides is 1. The van der Waals surface area contributed by atoms with E-state index in [1.165, 1.54) is 30.2 Å². The van der Waals surface area contributed by atoms with E-state index in [0.717, 1.165) is 0 Å². The highest BCUT2D eigenvalue weighted by atomic mass is 32.2. The van der Waals surface area contributed by atoms with Gasteiger partial charge in [-0.05, 0) is 31.2 Å². The Hall–Kier alpha value is -3.45. The Kier molecular flexibility index (Phi) is 5.28. The van der Waals surface area contributed by atoms with Crippen LogP contribution in [0.5, 0.6) is 0 Å². The Morgan fingerprint density at radius 3 is 2.82 bits per heavy atom. The Morgan fingerprint density at radius 1 is 1.32 bits per heavy atom. The number of carbonyl (C=O) groups is 2. The van der Waals surface area contributed by atoms with Crippen LogP contribution in [0.1, 0.15) is 12.5 Å². The van der Waals surface area contributed by atoms with Crippen molar-refractivity contribution in [2.75, 3.05) is 17.6 Å². The number of anilines is 1. The number of nitriles is 1. The zero-order valence-electron chi connectivity index (χ0n) is 14.8. The maximum Gasteiger partial charge on any atom is 0.340 e. The largest absolute Gasteiger partial charge is 0.449 e. The van der Waals surface area contributed by atoms with Gasteiger partial charge in [0.15, 0.2) is 6.10 Å². The molecule has 0 aromatic heterocycles. The third kappa shape index (κ3) is 4.27. The number of carbonyl (C=O) groups excluding carboxylic acids is 2. The lowest BCUT2D eigenvalue weighted by molar-refractivity contribution is -0.149. The minimum Gasteiger partial charge on any atom is -0.449 e. The molecular weight excluding hydrogens is 384 g/mol. The lowest BCUT2D eigenvalue weighted by Gasteiger charge is -2.27. The van der Waals surface area contributed by atoms with Crippen LogP contribution in [-0.4, -0.2) is 49.4 Å². The molecule has 0 bridgehead atoms. The standard InChI is InChI=1S/C18H16N4O5S/c1-12(17(23)20-15-5-3-2-4-13(15)10-19)27-18(24)14-6-7-16-21-28(25,26)9-8-22(16)11-14/h2-7,11-12H,8-9H2,1H3,(H,20,23). The summed E-state index contributed by atoms with van der Waals surface area (Å²) < 4.78 is 31.8. The molecule has 1 aromatic carbocycles. The fourth-order valence-electron chi connectivity index (χ4n) is 2.53. The molecule has 0 radical (unpaired) electrons. The first-order valence-corrected chi connectivity index (χ1v) is 9.90. The molecule has 3 rings (SSSR count). The van der Waals surface area contributed by atoms with E-state index >= 15 is 0 Å². The summed E-state index contributed by atoms with van der Waals surface area (Å²) in [6.07, 6.45) is 3.12. The first-order valence-electron chi connectivity index (χ1n) is 8.29. The summed E-state index contributed by atoms with van der Waals surface area (Å²) in [6.45, 7) is 1.58. The second-order valence-electron chi connectivity index (χ2n) is 6.04. The summed E-state index contributed by atoms with van der Waals surface area (Å²) in [7, 11) is -3.48. The quantitative estimate of drug-likeness (QED) is 0.744. The van der Waals surface area contributed by atoms with Crippen molar-refractivity contribution >= 4 is 33.4 Å². The van der Waals surface area contributed by atoms with Crippen LogP contribution in [-0.2, 0) is 24.3 Å². The molecule has 0 aliphatic carbocycles. The third-order valence-electron chi connectivity index (χ3n) is 4.02. The fourth-order valence-corrected chi connectivity index (χ4v) is 3.50. The minimum atomic E-state index is -3.48. The SMILES string of the molecule is CC(OC(=O)C1=CN2CCS(=O)(=O)N=C2C=C1)C(=O)Nc1ccccc1C#N. The van der Waals surface area contributed by atoms with Gasteiger partial charge in [-0.1, -0.05) is 12.1 Å². The average molecular weight is 400 g/mol. The van der Waals surface area contributed by atoms with Gasteiger partial charge in [0.2, 0.25) is 0 Å². The minimum absolute atomic E-state index is 0.153. The van der Waals surface area contributed by atoms with Crippen molar-refractivity contribution in [3.8, 4) is 6.07 Å². The lowest BCUT2D eigenvalue weighted by Crippen LogP contribution is -2.37. The van der Waals surface area contributed by atoms with Crippen LogP contribution in [0.3, 0.4) is 0 Å². The van der Waals surface area contributed by atoms with Crippen LogP contribution in [0.2, 0.25) is 0 Å². The van der Waals surface area contributed by atoms with E-state index in [1.54, 1.807) is 24.3 Å². The lowest BCUT2D eigenvalue weighted by atomic mass is 10.2. The van der Waals surface area contributed by atoms with Crippen molar-refractivity contribution in [1.82, 2.24) is 4.90 Å². The molecule has 0 saturated carbocycles. The number of amidine groups is 1. The van der Waals surface area contributed by atoms with Gasteiger partial charge in [0, 0.05) is 12.7 Å². The maximum atomic E-state index is 12.3. The van der Waals surface area contributed by atoms with Crippen LogP contribution < -0.4 is 5.32 Å². The second-order valence-corrected chi connectivity index (χ2v) is 7.80. The molecular formula is C18H16N4O5S. The Labute approximate surface area is 161 Å². The summed E-state index contributed by atoms with van der Waals surface area (Å²) in [5.41, 5.74) is 0.777. The molecule has 1 amide bonds. The molecule has 144 valence electrons. The summed E-state index contributed by atoms with van der Waals surface area (Å²) in [5.74, 6) is -1.25. The highest BCUT2D eigenvalue weighted by molar-refractivity contribution is 7.90. The number of rotatable bonds is 4. The van der Waals surface area contributed by atoms with E-state index in [9.17, 15) is 18.0 Å². The number of hydrogen-bond donors (Lipinski definition) is 1. The first-order chi connectivity index (χ1) is 13.3. The van der Waals surface area contributed by atoms with Crippen LogP contribution >= 0.6 is 0 Å². The van der Waals surface area contributed by atoms with Crippen LogP contribution in [0.15, 0.2) is 52.6 Å². The molecule has 10 heteroatoms. The van der Waals surface area contributed by atoms with Gasteiger partial charge in [-0.25, -0.2) is 13.2 Å². The van der Waals surface area contributed by atoms with Crippen LogP contribution in [0.4, 0.5) is 5.69 Å². The number of ether oxygens (including phenoxy) is 1. The maximum absolute atomic E-state index is 12.3. The van der Waals surface area contributed by atoms with E-state index in [-0.39, 0.29) is 23.7 Å². The van der Waals surface area contributed by atoms with Gasteiger partial charge < -0.3 is 15.0 Å². The fraction of sp³-hybridized carbons (Fsp3) is 0.222. The van der Waals surface area contributed by atoms with Crippen molar-refractivity contribution in [3.63, 3.8) is 0 Å². The van der Waals surface area contributed by atoms with Gasteiger partial charge in [-0.15, -0.1) is 4.40 Å². The molecule has 9 nitrogen and oxygen atoms in total. The Morgan fingerprint density at radius 2 is 2.07 bits per heavy atom. The number of nitrogens with one attached hydrogen (secondary N) is 1. The second kappa shape index (κ2) is 7.66. The number of para-hydroxylation sites is 1. The monoisotopic (exact) mass is 400 g/mol. The van der Waals surface area contributed by atoms with Crippen molar-refractivity contribution in [2.24, 2.45) is 4.40 Å². The van der Waals surface area contributed by atoms with Crippen molar-refractivity contribution in [2.45, 2.75) is 13.0 Å². The van der Waals surface area contributed by atoms with Gasteiger partial charge in [-0.2, -0.15) is 5.26 Å². The van der Waals surface area contributed by atoms with Gasteiger partial charge in [0.25, 0.3) is 15.9 Å². The summed E-state index contributed by atoms with van der Waals surface area (Å²) in [4.78, 5) is 26.1. The van der Waals surface area contributed by atoms with Crippen molar-refractivity contribution < 1.29 is 22.7 Å². The number of fused-ring (bicyclic) bond motifs is 1. The molecule has 2 aliphatic rings. The third-order valence-corrected chi connectivity index (χ3v) is 5.18. The molecule has 2 aliphatic heterocycles. The normalized spacial score (nSPS) is 18.1. The molecule has 0 fully saturated rings. The molecule has 1 unspecified atom stereocenters. The predicted octanol–water partition coefficient (Wildman–Crippen LogP) is 0.926. The topological polar surface area (TPSA) is 129 Å². The van der Waals surface area contributed by atoms with E-state index in [4.69, 9.17) is 10.00 Å². The van der Waals surface area contributed by atoms with Gasteiger partial charge in [0.1, 0.15) is 11.9 Å². The molecule has 2 heterocycles. The molecule has 28 heavy (non-hydrogen) atoms. The van der Waals surface area contributed by atoms with E-state index in [2.05, 4.69) is 9.71 Å². The number of sulfonamides is 1. The predicted molar refractivity (Wildman–Crippen MR) is 100 cm³/mol. The Balaban J connectivity index is 1.65. The number of benzene rings is 1. The molecule has 0 spiro atoms. The summed E-state index contributed by atoms with van der Waals surface area (Å²) in [6, 6.07) is 8.43. The highest BCUT2D eigenvalue weighted by Gasteiger charge is 2.27. The zero-order valence-corrected chi connectivity index (χ0v) is 15.6. The van der Waals surface area contributed by atoms with E-state index in [0.29, 0.717) is 11.3 Å². The smallest absolute Gasteiger partial charge is 0.340 e. The average Bonchev–Trinajstić information content (AvgIpc) is 2.67. The summed E-state index contributed by atoms with van der Waals surface area (Å²) in [5, 5.41) is 11.6. The zero-order chi connectivity index (χ0) is 20.3. The van der Waals surface area contributed by atoms with Crippen molar-refractivity contribution in [1.29, 1.82) is 5.26 Å². The summed E-state index contributed by atoms with van der Waals surface area (Å²) >= 11 is 0.